The molecule has 6 heteroatoms. The van der Waals surface area contributed by atoms with Crippen molar-refractivity contribution in [1.29, 1.82) is 0 Å². The zero-order valence-corrected chi connectivity index (χ0v) is 51.0. The summed E-state index contributed by atoms with van der Waals surface area (Å²) in [4.78, 5) is 38.2. The van der Waals surface area contributed by atoms with E-state index in [-0.39, 0.29) is 37.5 Å². The number of esters is 3. The molecule has 0 aromatic rings. The molecular formula is C71H124O6. The first-order valence-corrected chi connectivity index (χ1v) is 33.1. The van der Waals surface area contributed by atoms with Gasteiger partial charge in [-0.2, -0.15) is 0 Å². The third kappa shape index (κ3) is 63.3. The first kappa shape index (κ1) is 73.6. The number of allylic oxidation sites excluding steroid dienone is 14. The second kappa shape index (κ2) is 65.1. The molecular weight excluding hydrogens is 949 g/mol. The van der Waals surface area contributed by atoms with E-state index >= 15 is 0 Å². The van der Waals surface area contributed by atoms with Crippen LogP contribution in [0.3, 0.4) is 0 Å². The van der Waals surface area contributed by atoms with Crippen LogP contribution in [0, 0.1) is 0 Å². The summed E-state index contributed by atoms with van der Waals surface area (Å²) in [5.41, 5.74) is 0. The van der Waals surface area contributed by atoms with E-state index in [1.54, 1.807) is 0 Å². The summed E-state index contributed by atoms with van der Waals surface area (Å²) in [7, 11) is 0. The molecule has 444 valence electrons. The average Bonchev–Trinajstić information content (AvgIpc) is 3.43. The second-order valence-electron chi connectivity index (χ2n) is 22.0. The number of unbranched alkanes of at least 4 members (excludes halogenated alkanes) is 35. The molecule has 0 aliphatic heterocycles. The molecule has 6 nitrogen and oxygen atoms in total. The van der Waals surface area contributed by atoms with Gasteiger partial charge in [0.25, 0.3) is 0 Å². The van der Waals surface area contributed by atoms with Crippen molar-refractivity contribution in [2.45, 2.75) is 335 Å². The van der Waals surface area contributed by atoms with Crippen LogP contribution in [0.2, 0.25) is 0 Å². The summed E-state index contributed by atoms with van der Waals surface area (Å²) < 4.78 is 16.8. The zero-order chi connectivity index (χ0) is 55.7. The van der Waals surface area contributed by atoms with Gasteiger partial charge in [-0.15, -0.1) is 0 Å². The summed E-state index contributed by atoms with van der Waals surface area (Å²) in [6.45, 7) is 6.48. The number of carbonyl (C=O) groups is 3. The largest absolute Gasteiger partial charge is 0.462 e. The minimum absolute atomic E-state index is 0.0948. The van der Waals surface area contributed by atoms with Crippen LogP contribution in [0.4, 0.5) is 0 Å². The van der Waals surface area contributed by atoms with Crippen molar-refractivity contribution in [2.75, 3.05) is 13.2 Å². The monoisotopic (exact) mass is 1070 g/mol. The molecule has 1 atom stereocenters. The van der Waals surface area contributed by atoms with Crippen LogP contribution >= 0.6 is 0 Å². The van der Waals surface area contributed by atoms with Crippen LogP contribution in [-0.4, -0.2) is 37.2 Å². The SMILES string of the molecule is CC/C=C\C/C=C\C/C=C\C/C=C\CCC(=O)OCC(COC(=O)CCCCCCCCCCCCCCCCCC/C=C\C/C=C\C/C=C\CCCCCCC)OC(=O)CCCCCCCCCCCCCCCCC. The third-order valence-corrected chi connectivity index (χ3v) is 14.4. The lowest BCUT2D eigenvalue weighted by Crippen LogP contribution is -2.30. The van der Waals surface area contributed by atoms with Crippen LogP contribution in [-0.2, 0) is 28.6 Å². The van der Waals surface area contributed by atoms with Gasteiger partial charge >= 0.3 is 17.9 Å². The Morgan fingerprint density at radius 2 is 0.532 bits per heavy atom. The predicted octanol–water partition coefficient (Wildman–Crippen LogP) is 22.7. The lowest BCUT2D eigenvalue weighted by molar-refractivity contribution is -0.166. The number of rotatable bonds is 60. The van der Waals surface area contributed by atoms with Crippen molar-refractivity contribution in [1.82, 2.24) is 0 Å². The van der Waals surface area contributed by atoms with Crippen molar-refractivity contribution in [3.63, 3.8) is 0 Å². The Morgan fingerprint density at radius 1 is 0.273 bits per heavy atom. The van der Waals surface area contributed by atoms with E-state index in [9.17, 15) is 14.4 Å². The van der Waals surface area contributed by atoms with Crippen molar-refractivity contribution in [3.8, 4) is 0 Å². The number of carbonyl (C=O) groups excluding carboxylic acids is 3. The molecule has 0 amide bonds. The highest BCUT2D eigenvalue weighted by Gasteiger charge is 2.19. The Labute approximate surface area is 477 Å². The van der Waals surface area contributed by atoms with Crippen molar-refractivity contribution >= 4 is 17.9 Å². The molecule has 77 heavy (non-hydrogen) atoms. The molecule has 0 radical (unpaired) electrons. The van der Waals surface area contributed by atoms with Crippen LogP contribution in [0.15, 0.2) is 85.1 Å². The second-order valence-corrected chi connectivity index (χ2v) is 22.0. The van der Waals surface area contributed by atoms with E-state index < -0.39 is 6.10 Å². The van der Waals surface area contributed by atoms with Gasteiger partial charge in [0.05, 0.1) is 0 Å². The number of ether oxygens (including phenoxy) is 3. The van der Waals surface area contributed by atoms with E-state index in [4.69, 9.17) is 14.2 Å². The maximum Gasteiger partial charge on any atom is 0.306 e. The molecule has 0 spiro atoms. The molecule has 0 rings (SSSR count). The fraction of sp³-hybridized carbons (Fsp3) is 0.761. The van der Waals surface area contributed by atoms with Crippen LogP contribution in [0.5, 0.6) is 0 Å². The van der Waals surface area contributed by atoms with Crippen molar-refractivity contribution in [2.24, 2.45) is 0 Å². The molecule has 0 aromatic heterocycles. The Morgan fingerprint density at radius 3 is 0.870 bits per heavy atom. The predicted molar refractivity (Wildman–Crippen MR) is 334 cm³/mol. The number of hydrogen-bond acceptors (Lipinski definition) is 6. The number of hydrogen-bond donors (Lipinski definition) is 0. The van der Waals surface area contributed by atoms with Gasteiger partial charge in [0.2, 0.25) is 0 Å². The topological polar surface area (TPSA) is 78.9 Å². The van der Waals surface area contributed by atoms with E-state index in [2.05, 4.69) is 99.8 Å². The average molecular weight is 1070 g/mol. The fourth-order valence-electron chi connectivity index (χ4n) is 9.47. The fourth-order valence-corrected chi connectivity index (χ4v) is 9.47. The van der Waals surface area contributed by atoms with Crippen LogP contribution in [0.1, 0.15) is 329 Å². The van der Waals surface area contributed by atoms with Gasteiger partial charge < -0.3 is 14.2 Å². The van der Waals surface area contributed by atoms with Gasteiger partial charge in [0.15, 0.2) is 6.10 Å². The van der Waals surface area contributed by atoms with Gasteiger partial charge in [-0.1, -0.05) is 311 Å². The first-order valence-electron chi connectivity index (χ1n) is 33.1. The minimum Gasteiger partial charge on any atom is -0.462 e. The molecule has 0 bridgehead atoms. The quantitative estimate of drug-likeness (QED) is 0.0261. The Hall–Kier alpha value is -3.41. The van der Waals surface area contributed by atoms with Gasteiger partial charge in [0.1, 0.15) is 13.2 Å². The van der Waals surface area contributed by atoms with E-state index in [0.29, 0.717) is 19.3 Å². The zero-order valence-electron chi connectivity index (χ0n) is 51.0. The van der Waals surface area contributed by atoms with Gasteiger partial charge in [-0.05, 0) is 83.5 Å². The summed E-state index contributed by atoms with van der Waals surface area (Å²) in [5.74, 6) is -0.966. The van der Waals surface area contributed by atoms with Gasteiger partial charge in [-0.3, -0.25) is 14.4 Å². The maximum atomic E-state index is 12.9. The molecule has 0 aliphatic carbocycles. The van der Waals surface area contributed by atoms with Gasteiger partial charge in [0, 0.05) is 19.3 Å². The van der Waals surface area contributed by atoms with Crippen molar-refractivity contribution < 1.29 is 28.6 Å². The highest BCUT2D eigenvalue weighted by Crippen LogP contribution is 2.17. The van der Waals surface area contributed by atoms with E-state index in [1.807, 2.05) is 6.08 Å². The minimum atomic E-state index is -0.803. The molecule has 0 aliphatic rings. The highest BCUT2D eigenvalue weighted by molar-refractivity contribution is 5.71. The summed E-state index contributed by atoms with van der Waals surface area (Å²) in [5, 5.41) is 0. The van der Waals surface area contributed by atoms with E-state index in [0.717, 1.165) is 77.0 Å². The first-order chi connectivity index (χ1) is 38.0. The molecule has 0 fully saturated rings. The molecule has 0 N–H and O–H groups in total. The normalized spacial score (nSPS) is 12.6. The van der Waals surface area contributed by atoms with Crippen molar-refractivity contribution in [3.05, 3.63) is 85.1 Å². The lowest BCUT2D eigenvalue weighted by Gasteiger charge is -2.18. The van der Waals surface area contributed by atoms with E-state index in [1.165, 1.54) is 205 Å². The van der Waals surface area contributed by atoms with Gasteiger partial charge in [-0.25, -0.2) is 0 Å². The molecule has 0 heterocycles. The highest BCUT2D eigenvalue weighted by atomic mass is 16.6. The Balaban J connectivity index is 4.20. The Kier molecular flexibility index (Phi) is 62.2. The summed E-state index contributed by atoms with van der Waals surface area (Å²) in [6, 6.07) is 0. The summed E-state index contributed by atoms with van der Waals surface area (Å²) in [6.07, 6.45) is 86.3. The molecule has 1 unspecified atom stereocenters. The standard InChI is InChI=1S/C71H124O6/c1-4-7-10-13-16-19-22-25-27-28-29-30-31-32-33-34-35-36-37-38-39-40-41-42-44-46-49-52-55-58-61-64-70(73)76-67-68(66-75-69(72)63-60-57-54-51-48-45-24-21-18-15-12-9-6-3)77-71(74)65-62-59-56-53-50-47-43-26-23-20-17-14-11-8-5-2/h9,12,18,21-22,25,28-29,31-32,45,48,54,57,68H,4-8,10-11,13-17,19-20,23-24,26-27,30,33-44,46-47,49-53,55-56,58-67H2,1-3H3/b12-9-,21-18-,25-22-,29-28-,32-31-,48-45-,57-54-. The van der Waals surface area contributed by atoms with Crippen LogP contribution in [0.25, 0.3) is 0 Å². The third-order valence-electron chi connectivity index (χ3n) is 14.4. The summed E-state index contributed by atoms with van der Waals surface area (Å²) >= 11 is 0. The molecule has 0 aromatic carbocycles. The lowest BCUT2D eigenvalue weighted by atomic mass is 10.0. The Bertz CT molecular complexity index is 1470. The smallest absolute Gasteiger partial charge is 0.306 e. The van der Waals surface area contributed by atoms with Crippen LogP contribution < -0.4 is 0 Å². The molecule has 0 saturated carbocycles. The maximum absolute atomic E-state index is 12.9. The molecule has 0 saturated heterocycles.